The third kappa shape index (κ3) is 2.95. The number of ether oxygens (including phenoxy) is 1. The average molecular weight is 237 g/mol. The Labute approximate surface area is 101 Å². The van der Waals surface area contributed by atoms with Crippen LogP contribution in [0.2, 0.25) is 0 Å². The molecule has 0 amide bonds. The lowest BCUT2D eigenvalue weighted by molar-refractivity contribution is 0.312. The predicted octanol–water partition coefficient (Wildman–Crippen LogP) is 1.30. The number of aromatic nitrogens is 3. The molecule has 17 heavy (non-hydrogen) atoms. The molecule has 0 radical (unpaired) electrons. The summed E-state index contributed by atoms with van der Waals surface area (Å²) in [6.07, 6.45) is 2.42. The Morgan fingerprint density at radius 3 is 2.65 bits per heavy atom. The van der Waals surface area contributed by atoms with Crippen LogP contribution in [0.3, 0.4) is 0 Å². The number of hydrogen-bond acceptors (Lipinski definition) is 6. The number of anilines is 2. The molecule has 1 heterocycles. The fraction of sp³-hybridized carbons (Fsp3) is 0.727. The molecule has 6 heteroatoms. The van der Waals surface area contributed by atoms with E-state index in [1.807, 2.05) is 20.9 Å². The molecule has 2 rings (SSSR count). The highest BCUT2D eigenvalue weighted by molar-refractivity contribution is 5.39. The standard InChI is InChI=1S/C11H19N5O/c1-4-12-9-13-10(16(3)8-6-7-8)15-11(14-9)17-5-2/h8H,4-7H2,1-3H3,(H,12,13,14,15). The molecule has 1 aromatic rings. The molecule has 0 saturated heterocycles. The van der Waals surface area contributed by atoms with Crippen molar-refractivity contribution in [3.63, 3.8) is 0 Å². The SMILES string of the molecule is CCNc1nc(OCC)nc(N(C)C2CC2)n1. The molecule has 0 spiro atoms. The van der Waals surface area contributed by atoms with Crippen LogP contribution in [0.1, 0.15) is 26.7 Å². The topological polar surface area (TPSA) is 63.2 Å². The Morgan fingerprint density at radius 1 is 1.29 bits per heavy atom. The Kier molecular flexibility index (Phi) is 3.61. The van der Waals surface area contributed by atoms with Crippen molar-refractivity contribution >= 4 is 11.9 Å². The quantitative estimate of drug-likeness (QED) is 0.804. The van der Waals surface area contributed by atoms with Crippen LogP contribution >= 0.6 is 0 Å². The van der Waals surface area contributed by atoms with Gasteiger partial charge >= 0.3 is 6.01 Å². The van der Waals surface area contributed by atoms with Crippen LogP contribution in [0.4, 0.5) is 11.9 Å². The summed E-state index contributed by atoms with van der Waals surface area (Å²) < 4.78 is 5.35. The minimum absolute atomic E-state index is 0.390. The molecule has 1 aliphatic rings. The first kappa shape index (κ1) is 11.9. The Bertz CT molecular complexity index is 356. The van der Waals surface area contributed by atoms with Crippen molar-refractivity contribution in [1.82, 2.24) is 15.0 Å². The summed E-state index contributed by atoms with van der Waals surface area (Å²) in [5.41, 5.74) is 0. The van der Waals surface area contributed by atoms with E-state index in [0.717, 1.165) is 6.54 Å². The second kappa shape index (κ2) is 5.16. The first-order valence-electron chi connectivity index (χ1n) is 6.10. The van der Waals surface area contributed by atoms with Gasteiger partial charge in [0.25, 0.3) is 0 Å². The third-order valence-electron chi connectivity index (χ3n) is 2.62. The van der Waals surface area contributed by atoms with Crippen molar-refractivity contribution < 1.29 is 4.74 Å². The number of rotatable bonds is 6. The molecular weight excluding hydrogens is 218 g/mol. The van der Waals surface area contributed by atoms with E-state index in [-0.39, 0.29) is 0 Å². The van der Waals surface area contributed by atoms with E-state index in [2.05, 4.69) is 25.2 Å². The Hall–Kier alpha value is -1.59. The van der Waals surface area contributed by atoms with Gasteiger partial charge in [-0.1, -0.05) is 0 Å². The zero-order valence-electron chi connectivity index (χ0n) is 10.6. The second-order valence-electron chi connectivity index (χ2n) is 4.05. The summed E-state index contributed by atoms with van der Waals surface area (Å²) in [4.78, 5) is 15.0. The highest BCUT2D eigenvalue weighted by atomic mass is 16.5. The molecule has 0 bridgehead atoms. The van der Waals surface area contributed by atoms with E-state index in [4.69, 9.17) is 4.74 Å². The fourth-order valence-electron chi connectivity index (χ4n) is 1.56. The van der Waals surface area contributed by atoms with Crippen molar-refractivity contribution in [2.45, 2.75) is 32.7 Å². The van der Waals surface area contributed by atoms with E-state index in [9.17, 15) is 0 Å². The van der Waals surface area contributed by atoms with Gasteiger partial charge in [-0.3, -0.25) is 0 Å². The van der Waals surface area contributed by atoms with Gasteiger partial charge in [-0.05, 0) is 26.7 Å². The number of nitrogens with zero attached hydrogens (tertiary/aromatic N) is 4. The predicted molar refractivity (Wildman–Crippen MR) is 66.6 cm³/mol. The van der Waals surface area contributed by atoms with E-state index in [1.165, 1.54) is 12.8 Å². The van der Waals surface area contributed by atoms with Gasteiger partial charge in [-0.15, -0.1) is 0 Å². The first-order chi connectivity index (χ1) is 8.24. The molecule has 1 saturated carbocycles. The monoisotopic (exact) mass is 237 g/mol. The second-order valence-corrected chi connectivity index (χ2v) is 4.05. The summed E-state index contributed by atoms with van der Waals surface area (Å²) in [6, 6.07) is 0.960. The molecule has 6 nitrogen and oxygen atoms in total. The van der Waals surface area contributed by atoms with Gasteiger partial charge in [-0.25, -0.2) is 0 Å². The molecular formula is C11H19N5O. The third-order valence-corrected chi connectivity index (χ3v) is 2.62. The lowest BCUT2D eigenvalue weighted by Gasteiger charge is -2.17. The van der Waals surface area contributed by atoms with E-state index in [1.54, 1.807) is 0 Å². The van der Waals surface area contributed by atoms with Crippen LogP contribution in [0.15, 0.2) is 0 Å². The normalized spacial score (nSPS) is 14.5. The molecule has 0 aromatic carbocycles. The zero-order valence-corrected chi connectivity index (χ0v) is 10.6. The minimum Gasteiger partial charge on any atom is -0.464 e. The smallest absolute Gasteiger partial charge is 0.323 e. The van der Waals surface area contributed by atoms with Gasteiger partial charge in [0, 0.05) is 19.6 Å². The fourth-order valence-corrected chi connectivity index (χ4v) is 1.56. The largest absolute Gasteiger partial charge is 0.464 e. The molecule has 94 valence electrons. The Balaban J connectivity index is 2.22. The van der Waals surface area contributed by atoms with Gasteiger partial charge in [0.05, 0.1) is 6.61 Å². The summed E-state index contributed by atoms with van der Waals surface area (Å²) >= 11 is 0. The summed E-state index contributed by atoms with van der Waals surface area (Å²) in [5, 5.41) is 3.09. The van der Waals surface area contributed by atoms with Gasteiger partial charge in [0.1, 0.15) is 0 Å². The molecule has 0 atom stereocenters. The summed E-state index contributed by atoms with van der Waals surface area (Å²) in [7, 11) is 2.01. The molecule has 1 aromatic heterocycles. The lowest BCUT2D eigenvalue weighted by Crippen LogP contribution is -2.23. The molecule has 0 aliphatic heterocycles. The number of nitrogens with one attached hydrogen (secondary N) is 1. The van der Waals surface area contributed by atoms with Crippen molar-refractivity contribution in [1.29, 1.82) is 0 Å². The highest BCUT2D eigenvalue weighted by Gasteiger charge is 2.28. The van der Waals surface area contributed by atoms with Gasteiger partial charge < -0.3 is 15.0 Å². The van der Waals surface area contributed by atoms with Gasteiger partial charge in [0.15, 0.2) is 0 Å². The van der Waals surface area contributed by atoms with Crippen LogP contribution in [0.5, 0.6) is 6.01 Å². The molecule has 0 unspecified atom stereocenters. The van der Waals surface area contributed by atoms with E-state index in [0.29, 0.717) is 30.6 Å². The molecule has 1 N–H and O–H groups in total. The van der Waals surface area contributed by atoms with Crippen LogP contribution in [-0.4, -0.2) is 41.2 Å². The van der Waals surface area contributed by atoms with Crippen molar-refractivity contribution in [3.05, 3.63) is 0 Å². The summed E-state index contributed by atoms with van der Waals surface area (Å²) in [6.45, 7) is 5.26. The first-order valence-corrected chi connectivity index (χ1v) is 6.10. The van der Waals surface area contributed by atoms with Crippen molar-refractivity contribution in [2.24, 2.45) is 0 Å². The lowest BCUT2D eigenvalue weighted by atomic mass is 10.6. The maximum atomic E-state index is 5.35. The van der Waals surface area contributed by atoms with Crippen molar-refractivity contribution in [2.75, 3.05) is 30.4 Å². The molecule has 1 aliphatic carbocycles. The summed E-state index contributed by atoms with van der Waals surface area (Å²) in [5.74, 6) is 1.26. The van der Waals surface area contributed by atoms with Crippen molar-refractivity contribution in [3.8, 4) is 6.01 Å². The molecule has 1 fully saturated rings. The highest BCUT2D eigenvalue weighted by Crippen LogP contribution is 2.29. The zero-order chi connectivity index (χ0) is 12.3. The van der Waals surface area contributed by atoms with Gasteiger partial charge in [0.2, 0.25) is 11.9 Å². The van der Waals surface area contributed by atoms with E-state index >= 15 is 0 Å². The average Bonchev–Trinajstić information content (AvgIpc) is 3.12. The Morgan fingerprint density at radius 2 is 2.06 bits per heavy atom. The van der Waals surface area contributed by atoms with Crippen LogP contribution in [-0.2, 0) is 0 Å². The van der Waals surface area contributed by atoms with E-state index < -0.39 is 0 Å². The minimum atomic E-state index is 0.390. The maximum absolute atomic E-state index is 5.35. The number of hydrogen-bond donors (Lipinski definition) is 1. The van der Waals surface area contributed by atoms with Gasteiger partial charge in [-0.2, -0.15) is 15.0 Å². The van der Waals surface area contributed by atoms with Crippen LogP contribution < -0.4 is 15.0 Å². The van der Waals surface area contributed by atoms with Crippen LogP contribution in [0, 0.1) is 0 Å². The maximum Gasteiger partial charge on any atom is 0.323 e. The van der Waals surface area contributed by atoms with Crippen LogP contribution in [0.25, 0.3) is 0 Å².